The number of para-hydroxylation sites is 1. The predicted molar refractivity (Wildman–Crippen MR) is 88.2 cm³/mol. The highest BCUT2D eigenvalue weighted by Crippen LogP contribution is 2.35. The Hall–Kier alpha value is -1.95. The average Bonchev–Trinajstić information content (AvgIpc) is 3.07. The van der Waals surface area contributed by atoms with Crippen molar-refractivity contribution >= 4 is 21.8 Å². The summed E-state index contributed by atoms with van der Waals surface area (Å²) in [6.07, 6.45) is 0.546. The Morgan fingerprint density at radius 3 is 2.87 bits per heavy atom. The van der Waals surface area contributed by atoms with E-state index in [2.05, 4.69) is 16.0 Å². The van der Waals surface area contributed by atoms with Crippen LogP contribution < -0.4 is 0 Å². The minimum atomic E-state index is -0.840. The molecule has 0 radical (unpaired) electrons. The maximum Gasteiger partial charge on any atom is 0.163 e. The van der Waals surface area contributed by atoms with Gasteiger partial charge in [-0.25, -0.2) is 0 Å². The van der Waals surface area contributed by atoms with Gasteiger partial charge >= 0.3 is 0 Å². The van der Waals surface area contributed by atoms with Gasteiger partial charge in [0.25, 0.3) is 0 Å². The Kier molecular flexibility index (Phi) is 3.20. The van der Waals surface area contributed by atoms with Crippen molar-refractivity contribution in [2.45, 2.75) is 38.8 Å². The summed E-state index contributed by atoms with van der Waals surface area (Å²) < 4.78 is 11.4. The number of fused-ring (bicyclic) bond motifs is 3. The predicted octanol–water partition coefficient (Wildman–Crippen LogP) is 3.21. The number of aryl methyl sites for hydroxylation is 1. The fraction of sp³-hybridized carbons (Fsp3) is 0.389. The van der Waals surface area contributed by atoms with Crippen LogP contribution >= 0.6 is 0 Å². The van der Waals surface area contributed by atoms with Gasteiger partial charge in [0, 0.05) is 22.5 Å². The molecule has 1 aliphatic heterocycles. The molecule has 5 heteroatoms. The number of aliphatic hydroxyl groups is 1. The standard InChI is InChI=1S/C18H20N2O3/c1-10-8-19-16(17(21)13-9-22-18(2,3)23-13)15-14(10)11-6-4-5-7-12(11)20-15/h4-8,13,17,20-21H,9H2,1-3H3/t13-,17?/m1/s1. The lowest BCUT2D eigenvalue weighted by Crippen LogP contribution is -2.26. The number of nitrogens with zero attached hydrogens (tertiary/aromatic N) is 1. The van der Waals surface area contributed by atoms with Gasteiger partial charge in [-0.15, -0.1) is 0 Å². The maximum absolute atomic E-state index is 10.8. The summed E-state index contributed by atoms with van der Waals surface area (Å²) in [6, 6.07) is 8.12. The zero-order valence-corrected chi connectivity index (χ0v) is 13.5. The van der Waals surface area contributed by atoms with Crippen LogP contribution in [-0.4, -0.2) is 33.6 Å². The summed E-state index contributed by atoms with van der Waals surface area (Å²) in [4.78, 5) is 7.87. The van der Waals surface area contributed by atoms with Gasteiger partial charge in [0.2, 0.25) is 0 Å². The van der Waals surface area contributed by atoms with Crippen molar-refractivity contribution in [3.8, 4) is 0 Å². The Morgan fingerprint density at radius 1 is 1.35 bits per heavy atom. The van der Waals surface area contributed by atoms with Gasteiger partial charge in [0.05, 0.1) is 17.8 Å². The molecule has 23 heavy (non-hydrogen) atoms. The number of aromatic amines is 1. The van der Waals surface area contributed by atoms with Crippen molar-refractivity contribution in [3.63, 3.8) is 0 Å². The van der Waals surface area contributed by atoms with E-state index in [1.165, 1.54) is 0 Å². The van der Waals surface area contributed by atoms with Gasteiger partial charge < -0.3 is 19.6 Å². The summed E-state index contributed by atoms with van der Waals surface area (Å²) in [7, 11) is 0. The highest BCUT2D eigenvalue weighted by molar-refractivity contribution is 6.09. The number of aliphatic hydroxyl groups excluding tert-OH is 1. The third-order valence-electron chi connectivity index (χ3n) is 4.42. The van der Waals surface area contributed by atoms with Gasteiger partial charge in [0.1, 0.15) is 12.2 Å². The summed E-state index contributed by atoms with van der Waals surface area (Å²) in [5.74, 6) is -0.671. The molecule has 0 amide bonds. The molecule has 2 aromatic heterocycles. The second kappa shape index (κ2) is 5.03. The number of hydrogen-bond donors (Lipinski definition) is 2. The van der Waals surface area contributed by atoms with Crippen molar-refractivity contribution in [1.82, 2.24) is 9.97 Å². The van der Waals surface area contributed by atoms with E-state index in [0.717, 1.165) is 27.4 Å². The highest BCUT2D eigenvalue weighted by Gasteiger charge is 2.38. The first-order valence-corrected chi connectivity index (χ1v) is 7.82. The molecule has 0 saturated carbocycles. The van der Waals surface area contributed by atoms with Crippen LogP contribution in [0.4, 0.5) is 0 Å². The number of hydrogen-bond acceptors (Lipinski definition) is 4. The second-order valence-corrected chi connectivity index (χ2v) is 6.56. The third-order valence-corrected chi connectivity index (χ3v) is 4.42. The number of H-pyrrole nitrogens is 1. The van der Waals surface area contributed by atoms with Gasteiger partial charge in [-0.2, -0.15) is 0 Å². The number of ether oxygens (including phenoxy) is 2. The Balaban J connectivity index is 1.86. The SMILES string of the molecule is Cc1cnc(C(O)[C@H]2COC(C)(C)O2)c2[nH]c3ccccc3c12. The molecule has 1 aliphatic rings. The van der Waals surface area contributed by atoms with Gasteiger partial charge in [0.15, 0.2) is 5.79 Å². The van der Waals surface area contributed by atoms with Crippen molar-refractivity contribution in [3.05, 3.63) is 41.7 Å². The minimum Gasteiger partial charge on any atom is -0.384 e. The van der Waals surface area contributed by atoms with E-state index < -0.39 is 18.0 Å². The molecular formula is C18H20N2O3. The molecule has 3 aromatic rings. The number of pyridine rings is 1. The van der Waals surface area contributed by atoms with E-state index in [1.807, 2.05) is 45.2 Å². The fourth-order valence-corrected chi connectivity index (χ4v) is 3.31. The highest BCUT2D eigenvalue weighted by atomic mass is 16.7. The molecule has 0 aliphatic carbocycles. The van der Waals surface area contributed by atoms with Crippen LogP contribution in [0.25, 0.3) is 21.8 Å². The molecule has 1 unspecified atom stereocenters. The Labute approximate surface area is 134 Å². The maximum atomic E-state index is 10.8. The molecular weight excluding hydrogens is 292 g/mol. The lowest BCUT2D eigenvalue weighted by atomic mass is 10.0. The fourth-order valence-electron chi connectivity index (χ4n) is 3.31. The summed E-state index contributed by atoms with van der Waals surface area (Å²) in [6.45, 7) is 6.08. The summed E-state index contributed by atoms with van der Waals surface area (Å²) in [5.41, 5.74) is 3.59. The normalized spacial score (nSPS) is 22.0. The van der Waals surface area contributed by atoms with Crippen LogP contribution in [0.1, 0.15) is 31.2 Å². The number of aromatic nitrogens is 2. The first kappa shape index (κ1) is 14.6. The average molecular weight is 312 g/mol. The van der Waals surface area contributed by atoms with Crippen LogP contribution in [0, 0.1) is 6.92 Å². The summed E-state index contributed by atoms with van der Waals surface area (Å²) >= 11 is 0. The van der Waals surface area contributed by atoms with Crippen molar-refractivity contribution in [2.75, 3.05) is 6.61 Å². The number of nitrogens with one attached hydrogen (secondary N) is 1. The number of rotatable bonds is 2. The van der Waals surface area contributed by atoms with Gasteiger partial charge in [-0.05, 0) is 32.4 Å². The molecule has 0 bridgehead atoms. The molecule has 1 aromatic carbocycles. The smallest absolute Gasteiger partial charge is 0.163 e. The Bertz CT molecular complexity index is 884. The van der Waals surface area contributed by atoms with E-state index in [1.54, 1.807) is 0 Å². The first-order valence-electron chi connectivity index (χ1n) is 7.82. The van der Waals surface area contributed by atoms with E-state index in [-0.39, 0.29) is 0 Å². The van der Waals surface area contributed by atoms with E-state index in [0.29, 0.717) is 12.3 Å². The van der Waals surface area contributed by atoms with Crippen LogP contribution in [0.3, 0.4) is 0 Å². The molecule has 4 rings (SSSR count). The zero-order chi connectivity index (χ0) is 16.2. The molecule has 2 N–H and O–H groups in total. The van der Waals surface area contributed by atoms with Crippen molar-refractivity contribution in [1.29, 1.82) is 0 Å². The van der Waals surface area contributed by atoms with E-state index in [4.69, 9.17) is 9.47 Å². The Morgan fingerprint density at radius 2 is 2.13 bits per heavy atom. The number of benzene rings is 1. The molecule has 120 valence electrons. The van der Waals surface area contributed by atoms with Gasteiger partial charge in [-0.3, -0.25) is 4.98 Å². The molecule has 1 saturated heterocycles. The molecule has 5 nitrogen and oxygen atoms in total. The lowest BCUT2D eigenvalue weighted by molar-refractivity contribution is -0.151. The molecule has 2 atom stereocenters. The first-order chi connectivity index (χ1) is 11.0. The minimum absolute atomic E-state index is 0.353. The monoisotopic (exact) mass is 312 g/mol. The van der Waals surface area contributed by atoms with E-state index in [9.17, 15) is 5.11 Å². The quantitative estimate of drug-likeness (QED) is 0.762. The summed E-state index contributed by atoms with van der Waals surface area (Å²) in [5, 5.41) is 13.0. The van der Waals surface area contributed by atoms with Crippen molar-refractivity contribution in [2.24, 2.45) is 0 Å². The second-order valence-electron chi connectivity index (χ2n) is 6.56. The molecule has 1 fully saturated rings. The van der Waals surface area contributed by atoms with Crippen molar-refractivity contribution < 1.29 is 14.6 Å². The lowest BCUT2D eigenvalue weighted by Gasteiger charge is -2.20. The van der Waals surface area contributed by atoms with Crippen LogP contribution in [0.2, 0.25) is 0 Å². The zero-order valence-electron chi connectivity index (χ0n) is 13.5. The topological polar surface area (TPSA) is 67.4 Å². The molecule has 3 heterocycles. The van der Waals surface area contributed by atoms with Crippen LogP contribution in [0.5, 0.6) is 0 Å². The van der Waals surface area contributed by atoms with Gasteiger partial charge in [-0.1, -0.05) is 18.2 Å². The third kappa shape index (κ3) is 2.32. The molecule has 0 spiro atoms. The van der Waals surface area contributed by atoms with Crippen LogP contribution in [-0.2, 0) is 9.47 Å². The largest absolute Gasteiger partial charge is 0.384 e. The van der Waals surface area contributed by atoms with E-state index >= 15 is 0 Å². The van der Waals surface area contributed by atoms with Crippen LogP contribution in [0.15, 0.2) is 30.5 Å².